The molecule has 214 valence electrons. The lowest BCUT2D eigenvalue weighted by atomic mass is 10.0. The van der Waals surface area contributed by atoms with Crippen LogP contribution in [0.1, 0.15) is 36.2 Å². The van der Waals surface area contributed by atoms with Crippen LogP contribution in [0, 0.1) is 12.5 Å². The minimum absolute atomic E-state index is 0.00258. The van der Waals surface area contributed by atoms with E-state index < -0.39 is 37.6 Å². The minimum atomic E-state index is -4.75. The molecule has 12 heteroatoms. The molecule has 0 heterocycles. The van der Waals surface area contributed by atoms with Gasteiger partial charge in [-0.25, -0.2) is 9.41 Å². The number of hydrogen-bond acceptors (Lipinski definition) is 5. The Hall–Kier alpha value is -4.49. The zero-order valence-electron chi connectivity index (χ0n) is 22.5. The highest BCUT2D eigenvalue weighted by atomic mass is 31.2. The van der Waals surface area contributed by atoms with Gasteiger partial charge in [0.15, 0.2) is 5.69 Å². The van der Waals surface area contributed by atoms with E-state index in [0.29, 0.717) is 23.4 Å². The molecular formula is C29H31N4O7P. The van der Waals surface area contributed by atoms with Gasteiger partial charge in [0, 0.05) is 17.7 Å². The number of carbonyl (C=O) groups is 3. The van der Waals surface area contributed by atoms with Crippen molar-refractivity contribution in [1.82, 2.24) is 10.6 Å². The summed E-state index contributed by atoms with van der Waals surface area (Å²) in [6.07, 6.45) is 0.347. The lowest BCUT2D eigenvalue weighted by molar-refractivity contribution is -0.128. The first-order valence-corrected chi connectivity index (χ1v) is 14.3. The summed E-state index contributed by atoms with van der Waals surface area (Å²) < 4.78 is 15.7. The molecular weight excluding hydrogens is 547 g/mol. The van der Waals surface area contributed by atoms with Crippen molar-refractivity contribution in [3.63, 3.8) is 0 Å². The van der Waals surface area contributed by atoms with Crippen LogP contribution in [0.2, 0.25) is 0 Å². The molecule has 5 N–H and O–H groups in total. The summed E-state index contributed by atoms with van der Waals surface area (Å²) in [4.78, 5) is 61.0. The molecule has 41 heavy (non-hydrogen) atoms. The Morgan fingerprint density at radius 2 is 1.51 bits per heavy atom. The largest absolute Gasteiger partial charge is 0.524 e. The molecule has 11 nitrogen and oxygen atoms in total. The van der Waals surface area contributed by atoms with E-state index in [2.05, 4.69) is 25.3 Å². The van der Waals surface area contributed by atoms with Crippen molar-refractivity contribution >= 4 is 36.9 Å². The molecule has 0 bridgehead atoms. The second-order valence-corrected chi connectivity index (χ2v) is 10.8. The van der Waals surface area contributed by atoms with Crippen molar-refractivity contribution in [2.45, 2.75) is 38.8 Å². The summed E-state index contributed by atoms with van der Waals surface area (Å²) in [5.41, 5.74) is 1.72. The predicted octanol–water partition coefficient (Wildman–Crippen LogP) is 4.22. The summed E-state index contributed by atoms with van der Waals surface area (Å²) in [6, 6.07) is 18.4. The topological polar surface area (TPSA) is 158 Å². The van der Waals surface area contributed by atoms with E-state index in [-0.39, 0.29) is 23.7 Å². The molecule has 0 saturated heterocycles. The van der Waals surface area contributed by atoms with Gasteiger partial charge in [0.25, 0.3) is 5.91 Å². The van der Waals surface area contributed by atoms with Gasteiger partial charge in [-0.2, -0.15) is 0 Å². The molecule has 0 saturated carbocycles. The summed E-state index contributed by atoms with van der Waals surface area (Å²) >= 11 is 0. The Morgan fingerprint density at radius 3 is 2.07 bits per heavy atom. The Kier molecular flexibility index (Phi) is 10.8. The van der Waals surface area contributed by atoms with Gasteiger partial charge in [0.1, 0.15) is 17.8 Å². The van der Waals surface area contributed by atoms with Gasteiger partial charge in [-0.3, -0.25) is 24.2 Å². The van der Waals surface area contributed by atoms with Crippen LogP contribution >= 0.6 is 7.82 Å². The molecule has 0 aromatic heterocycles. The van der Waals surface area contributed by atoms with Crippen molar-refractivity contribution in [2.24, 2.45) is 5.92 Å². The molecule has 3 amide bonds. The number of nitrogens with zero attached hydrogens (tertiary/aromatic N) is 1. The van der Waals surface area contributed by atoms with Gasteiger partial charge in [0.2, 0.25) is 11.8 Å². The van der Waals surface area contributed by atoms with Crippen LogP contribution in [0.15, 0.2) is 78.9 Å². The lowest BCUT2D eigenvalue weighted by Gasteiger charge is -2.24. The SMILES string of the molecule is [C-]#[N+]c1ccc(C(=O)NC(Cc2ccc(OP(=O)(O)O)cc2)C(=O)NC(CC(C)C)C(=O)Nc2ccccc2)cc1. The third kappa shape index (κ3) is 10.2. The van der Waals surface area contributed by atoms with E-state index in [1.54, 1.807) is 24.3 Å². The quantitative estimate of drug-likeness (QED) is 0.159. The third-order valence-corrected chi connectivity index (χ3v) is 6.30. The first-order chi connectivity index (χ1) is 19.4. The van der Waals surface area contributed by atoms with Crippen molar-refractivity contribution in [2.75, 3.05) is 5.32 Å². The molecule has 3 aromatic rings. The Balaban J connectivity index is 1.83. The number of rotatable bonds is 12. The van der Waals surface area contributed by atoms with E-state index in [1.165, 1.54) is 48.5 Å². The maximum absolute atomic E-state index is 13.5. The van der Waals surface area contributed by atoms with Gasteiger partial charge >= 0.3 is 7.82 Å². The molecule has 3 aromatic carbocycles. The average molecular weight is 579 g/mol. The predicted molar refractivity (Wildman–Crippen MR) is 153 cm³/mol. The molecule has 2 atom stereocenters. The average Bonchev–Trinajstić information content (AvgIpc) is 2.92. The number of amides is 3. The zero-order valence-corrected chi connectivity index (χ0v) is 23.4. The monoisotopic (exact) mass is 578 g/mol. The summed E-state index contributed by atoms with van der Waals surface area (Å²) in [7, 11) is -4.75. The van der Waals surface area contributed by atoms with Crippen molar-refractivity contribution < 1.29 is 33.3 Å². The zero-order chi connectivity index (χ0) is 30.0. The number of nitrogens with one attached hydrogen (secondary N) is 3. The fourth-order valence-corrected chi connectivity index (χ4v) is 4.32. The van der Waals surface area contributed by atoms with Crippen LogP contribution in [0.25, 0.3) is 4.85 Å². The van der Waals surface area contributed by atoms with E-state index in [4.69, 9.17) is 16.4 Å². The summed E-state index contributed by atoms with van der Waals surface area (Å²) in [5, 5.41) is 8.28. The molecule has 2 unspecified atom stereocenters. The highest BCUT2D eigenvalue weighted by Gasteiger charge is 2.28. The van der Waals surface area contributed by atoms with Crippen LogP contribution in [0.4, 0.5) is 11.4 Å². The second kappa shape index (κ2) is 14.2. The maximum atomic E-state index is 13.5. The number of para-hydroxylation sites is 1. The molecule has 3 rings (SSSR count). The second-order valence-electron chi connectivity index (χ2n) is 9.66. The van der Waals surface area contributed by atoms with Crippen LogP contribution in [-0.4, -0.2) is 39.6 Å². The van der Waals surface area contributed by atoms with Crippen LogP contribution in [0.5, 0.6) is 5.75 Å². The van der Waals surface area contributed by atoms with Gasteiger partial charge < -0.3 is 20.5 Å². The van der Waals surface area contributed by atoms with E-state index in [0.717, 1.165) is 0 Å². The molecule has 0 aliphatic heterocycles. The molecule has 0 fully saturated rings. The van der Waals surface area contributed by atoms with Crippen LogP contribution in [0.3, 0.4) is 0 Å². The molecule has 0 aliphatic carbocycles. The van der Waals surface area contributed by atoms with Crippen molar-refractivity contribution in [1.29, 1.82) is 0 Å². The number of phosphoric ester groups is 1. The maximum Gasteiger partial charge on any atom is 0.524 e. The molecule has 0 radical (unpaired) electrons. The first-order valence-electron chi connectivity index (χ1n) is 12.7. The van der Waals surface area contributed by atoms with Gasteiger partial charge in [0.05, 0.1) is 6.57 Å². The van der Waals surface area contributed by atoms with Crippen LogP contribution in [-0.2, 0) is 20.6 Å². The number of phosphoric acid groups is 1. The Labute approximate surface area is 238 Å². The number of hydrogen-bond donors (Lipinski definition) is 5. The number of benzene rings is 3. The molecule has 0 aliphatic rings. The van der Waals surface area contributed by atoms with Gasteiger partial charge in [-0.1, -0.05) is 68.4 Å². The number of carbonyl (C=O) groups excluding carboxylic acids is 3. The number of anilines is 1. The fourth-order valence-electron chi connectivity index (χ4n) is 3.92. The summed E-state index contributed by atoms with van der Waals surface area (Å²) in [5.74, 6) is -1.56. The van der Waals surface area contributed by atoms with E-state index in [9.17, 15) is 18.9 Å². The van der Waals surface area contributed by atoms with Gasteiger partial charge in [-0.15, -0.1) is 0 Å². The normalized spacial score (nSPS) is 12.5. The minimum Gasteiger partial charge on any atom is -0.404 e. The highest BCUT2D eigenvalue weighted by molar-refractivity contribution is 7.46. The fraction of sp³-hybridized carbons (Fsp3) is 0.241. The van der Waals surface area contributed by atoms with Crippen molar-refractivity contribution in [3.8, 4) is 5.75 Å². The summed E-state index contributed by atoms with van der Waals surface area (Å²) in [6.45, 7) is 10.9. The Morgan fingerprint density at radius 1 is 0.878 bits per heavy atom. The standard InChI is InChI=1S/C29H31N4O7P/c1-19(2)17-25(28(35)31-23-7-5-4-6-8-23)33-29(36)26(32-27(34)21-11-13-22(30-3)14-12-21)18-20-9-15-24(16-10-20)40-41(37,38)39/h4-16,19,25-26H,17-18H2,1-2H3,(H,31,35)(H,32,34)(H,33,36)(H2,37,38,39). The van der Waals surface area contributed by atoms with Crippen molar-refractivity contribution in [3.05, 3.63) is 101 Å². The lowest BCUT2D eigenvalue weighted by Crippen LogP contribution is -2.53. The first kappa shape index (κ1) is 31.0. The smallest absolute Gasteiger partial charge is 0.404 e. The molecule has 0 spiro atoms. The Bertz CT molecular complexity index is 1430. The third-order valence-electron chi connectivity index (χ3n) is 5.85. The highest BCUT2D eigenvalue weighted by Crippen LogP contribution is 2.37. The van der Waals surface area contributed by atoms with Crippen LogP contribution < -0.4 is 20.5 Å². The van der Waals surface area contributed by atoms with Gasteiger partial charge in [-0.05, 0) is 42.2 Å². The van der Waals surface area contributed by atoms with E-state index >= 15 is 0 Å². The van der Waals surface area contributed by atoms with E-state index in [1.807, 2.05) is 19.9 Å².